The van der Waals surface area contributed by atoms with Gasteiger partial charge in [-0.2, -0.15) is 8.42 Å². The van der Waals surface area contributed by atoms with E-state index < -0.39 is 16.1 Å². The van der Waals surface area contributed by atoms with E-state index in [1.54, 1.807) is 0 Å². The van der Waals surface area contributed by atoms with Crippen molar-refractivity contribution in [2.24, 2.45) is 0 Å². The molecule has 0 saturated carbocycles. The molecule has 0 aliphatic carbocycles. The molecule has 0 radical (unpaired) electrons. The summed E-state index contributed by atoms with van der Waals surface area (Å²) < 4.78 is 33.3. The van der Waals surface area contributed by atoms with Crippen molar-refractivity contribution in [3.05, 3.63) is 0 Å². The third-order valence-electron chi connectivity index (χ3n) is 1.63. The minimum atomic E-state index is -3.97. The highest BCUT2D eigenvalue weighted by atomic mass is 32.2. The van der Waals surface area contributed by atoms with E-state index in [0.29, 0.717) is 18.7 Å². The molecule has 4 N–H and O–H groups in total. The van der Waals surface area contributed by atoms with Crippen molar-refractivity contribution in [3.63, 3.8) is 0 Å². The maximum atomic E-state index is 11.1. The molecule has 18 heavy (non-hydrogen) atoms. The van der Waals surface area contributed by atoms with E-state index in [2.05, 4.69) is 20.0 Å². The average Bonchev–Trinajstić information content (AvgIpc) is 2.28. The second kappa shape index (κ2) is 10.3. The van der Waals surface area contributed by atoms with Gasteiger partial charge in [0.05, 0.1) is 5.75 Å². The Morgan fingerprint density at radius 3 is 2.39 bits per heavy atom. The molecule has 0 unspecified atom stereocenters. The van der Waals surface area contributed by atoms with E-state index in [1.807, 2.05) is 0 Å². The van der Waals surface area contributed by atoms with Crippen molar-refractivity contribution in [2.75, 3.05) is 24.6 Å². The Balaban J connectivity index is 3.33. The maximum Gasteiger partial charge on any atom is 0.314 e. The van der Waals surface area contributed by atoms with Crippen LogP contribution in [-0.2, 0) is 19.5 Å². The zero-order valence-corrected chi connectivity index (χ0v) is 11.1. The second-order valence-corrected chi connectivity index (χ2v) is 5.49. The Kier molecular flexibility index (Phi) is 10.0. The monoisotopic (exact) mass is 304 g/mol. The number of nitrogens with one attached hydrogen (secondary N) is 2. The number of rotatable bonds is 10. The van der Waals surface area contributed by atoms with Gasteiger partial charge in [0.1, 0.15) is 0 Å². The third kappa shape index (κ3) is 13.5. The Hall–Kier alpha value is -0.590. The van der Waals surface area contributed by atoms with Gasteiger partial charge in [-0.3, -0.25) is 4.55 Å². The number of amides is 2. The van der Waals surface area contributed by atoms with E-state index in [4.69, 9.17) is 9.81 Å². The molecule has 0 aromatic heterocycles. The first-order valence-electron chi connectivity index (χ1n) is 5.02. The van der Waals surface area contributed by atoms with Crippen LogP contribution in [0.4, 0.5) is 4.79 Å². The molecule has 2 amide bonds. The molecular formula is C7H16N2O7S2. The second-order valence-electron chi connectivity index (χ2n) is 3.14. The SMILES string of the molecule is O=C(NCCCSOOO)NCCCS(=O)(=O)O. The van der Waals surface area contributed by atoms with Gasteiger partial charge < -0.3 is 10.6 Å². The highest BCUT2D eigenvalue weighted by molar-refractivity contribution is 7.94. The van der Waals surface area contributed by atoms with Gasteiger partial charge in [0, 0.05) is 30.9 Å². The zero-order chi connectivity index (χ0) is 13.9. The third-order valence-corrected chi connectivity index (χ3v) is 3.05. The van der Waals surface area contributed by atoms with E-state index >= 15 is 0 Å². The average molecular weight is 304 g/mol. The van der Waals surface area contributed by atoms with Crippen LogP contribution in [0.25, 0.3) is 0 Å². The van der Waals surface area contributed by atoms with Crippen LogP contribution in [0.2, 0.25) is 0 Å². The summed E-state index contributed by atoms with van der Waals surface area (Å²) in [6.07, 6.45) is 0.746. The Morgan fingerprint density at radius 1 is 1.22 bits per heavy atom. The first kappa shape index (κ1) is 17.4. The van der Waals surface area contributed by atoms with Crippen LogP contribution in [0.5, 0.6) is 0 Å². The van der Waals surface area contributed by atoms with Crippen molar-refractivity contribution in [1.29, 1.82) is 0 Å². The Labute approximate surface area is 109 Å². The van der Waals surface area contributed by atoms with Crippen LogP contribution >= 0.6 is 12.0 Å². The molecule has 108 valence electrons. The molecule has 11 heteroatoms. The molecule has 0 aliphatic heterocycles. The van der Waals surface area contributed by atoms with Gasteiger partial charge in [-0.15, -0.1) is 4.33 Å². The smallest absolute Gasteiger partial charge is 0.314 e. The lowest BCUT2D eigenvalue weighted by Crippen LogP contribution is -2.37. The minimum Gasteiger partial charge on any atom is -0.338 e. The normalized spacial score (nSPS) is 11.2. The van der Waals surface area contributed by atoms with Crippen LogP contribution in [-0.4, -0.2) is 48.9 Å². The molecule has 0 aromatic carbocycles. The summed E-state index contributed by atoms with van der Waals surface area (Å²) >= 11 is 0.891. The molecule has 0 aliphatic rings. The first-order chi connectivity index (χ1) is 8.45. The van der Waals surface area contributed by atoms with E-state index in [0.717, 1.165) is 12.0 Å². The summed E-state index contributed by atoms with van der Waals surface area (Å²) in [7, 11) is -3.97. The standard InChI is InChI=1S/C7H16N2O7S2/c10-7(8-3-1-5-17-16-15-11)9-4-2-6-18(12,13)14/h11H,1-6H2,(H2,8,9,10)(H,12,13,14). The summed E-state index contributed by atoms with van der Waals surface area (Å²) in [6, 6.07) is -0.422. The predicted octanol–water partition coefficient (Wildman–Crippen LogP) is 0.0230. The fraction of sp³-hybridized carbons (Fsp3) is 0.857. The van der Waals surface area contributed by atoms with Gasteiger partial charge >= 0.3 is 6.03 Å². The van der Waals surface area contributed by atoms with Crippen molar-refractivity contribution in [1.82, 2.24) is 10.6 Å². The molecule has 0 fully saturated rings. The quantitative estimate of drug-likeness (QED) is 0.146. The van der Waals surface area contributed by atoms with E-state index in [-0.39, 0.29) is 18.7 Å². The van der Waals surface area contributed by atoms with Crippen LogP contribution in [0.3, 0.4) is 0 Å². The summed E-state index contributed by atoms with van der Waals surface area (Å²) in [4.78, 5) is 11.1. The highest BCUT2D eigenvalue weighted by Crippen LogP contribution is 2.02. The lowest BCUT2D eigenvalue weighted by Gasteiger charge is -2.06. The Morgan fingerprint density at radius 2 is 1.83 bits per heavy atom. The van der Waals surface area contributed by atoms with Crippen LogP contribution < -0.4 is 10.6 Å². The Bertz CT molecular complexity index is 322. The van der Waals surface area contributed by atoms with Gasteiger partial charge in [0.25, 0.3) is 10.1 Å². The van der Waals surface area contributed by atoms with Crippen molar-refractivity contribution >= 4 is 28.2 Å². The predicted molar refractivity (Wildman–Crippen MR) is 64.3 cm³/mol. The lowest BCUT2D eigenvalue weighted by atomic mass is 10.4. The van der Waals surface area contributed by atoms with E-state index in [1.165, 1.54) is 0 Å². The minimum absolute atomic E-state index is 0.143. The van der Waals surface area contributed by atoms with E-state index in [9.17, 15) is 13.2 Å². The van der Waals surface area contributed by atoms with Gasteiger partial charge in [-0.25, -0.2) is 10.1 Å². The number of urea groups is 1. The maximum absolute atomic E-state index is 11.1. The summed E-state index contributed by atoms with van der Waals surface area (Å²) in [5.74, 6) is 0.131. The zero-order valence-electron chi connectivity index (χ0n) is 9.49. The lowest BCUT2D eigenvalue weighted by molar-refractivity contribution is -0.432. The molecule has 9 nitrogen and oxygen atoms in total. The molecule has 0 aromatic rings. The summed E-state index contributed by atoms with van der Waals surface area (Å²) in [5, 5.41) is 16.1. The first-order valence-corrected chi connectivity index (χ1v) is 7.54. The molecule has 0 atom stereocenters. The van der Waals surface area contributed by atoms with Gasteiger partial charge in [-0.05, 0) is 12.8 Å². The van der Waals surface area contributed by atoms with Gasteiger partial charge in [0.15, 0.2) is 0 Å². The number of hydrogen-bond donors (Lipinski definition) is 4. The van der Waals surface area contributed by atoms with Crippen molar-refractivity contribution < 1.29 is 32.4 Å². The molecular weight excluding hydrogens is 288 g/mol. The van der Waals surface area contributed by atoms with Crippen molar-refractivity contribution in [3.8, 4) is 0 Å². The number of hydrogen-bond acceptors (Lipinski definition) is 7. The van der Waals surface area contributed by atoms with Crippen LogP contribution in [0.15, 0.2) is 0 Å². The highest BCUT2D eigenvalue weighted by Gasteiger charge is 2.04. The topological polar surface area (TPSA) is 134 Å². The fourth-order valence-corrected chi connectivity index (χ4v) is 1.79. The van der Waals surface area contributed by atoms with Crippen LogP contribution in [0.1, 0.15) is 12.8 Å². The van der Waals surface area contributed by atoms with Gasteiger partial charge in [0.2, 0.25) is 0 Å². The molecule has 0 saturated heterocycles. The number of carbonyl (C=O) groups excluding carboxylic acids is 1. The molecule has 0 bridgehead atoms. The largest absolute Gasteiger partial charge is 0.338 e. The number of carbonyl (C=O) groups is 1. The summed E-state index contributed by atoms with van der Waals surface area (Å²) in [5.41, 5.74) is 0. The molecule has 0 heterocycles. The fourth-order valence-electron chi connectivity index (χ4n) is 0.908. The molecule has 0 rings (SSSR count). The van der Waals surface area contributed by atoms with Crippen molar-refractivity contribution in [2.45, 2.75) is 12.8 Å². The summed E-state index contributed by atoms with van der Waals surface area (Å²) in [6.45, 7) is 0.549. The molecule has 0 spiro atoms. The van der Waals surface area contributed by atoms with Gasteiger partial charge in [-0.1, -0.05) is 5.04 Å². The van der Waals surface area contributed by atoms with Crippen LogP contribution in [0, 0.1) is 0 Å².